The minimum Gasteiger partial charge on any atom is -0.489 e. The van der Waals surface area contributed by atoms with Gasteiger partial charge in [0, 0.05) is 5.56 Å². The molecule has 0 saturated carbocycles. The molecule has 142 valence electrons. The number of benzene rings is 3. The minimum absolute atomic E-state index is 0.442. The lowest BCUT2D eigenvalue weighted by atomic mass is 10.1. The van der Waals surface area contributed by atoms with Crippen molar-refractivity contribution in [2.75, 3.05) is 11.5 Å². The van der Waals surface area contributed by atoms with Gasteiger partial charge in [-0.1, -0.05) is 68.4 Å². The quantitative estimate of drug-likeness (QED) is 0.325. The highest BCUT2D eigenvalue weighted by atomic mass is 32.2. The zero-order chi connectivity index (χ0) is 18.9. The Morgan fingerprint density at radius 1 is 0.778 bits per heavy atom. The maximum Gasteiger partial charge on any atom is 0.124 e. The third kappa shape index (κ3) is 5.70. The molecule has 27 heavy (non-hydrogen) atoms. The number of rotatable bonds is 10. The zero-order valence-electron chi connectivity index (χ0n) is 16.2. The van der Waals surface area contributed by atoms with Gasteiger partial charge >= 0.3 is 0 Å². The van der Waals surface area contributed by atoms with Crippen LogP contribution in [0.2, 0.25) is 0 Å². The van der Waals surface area contributed by atoms with Gasteiger partial charge in [-0.15, -0.1) is 23.5 Å². The van der Waals surface area contributed by atoms with Crippen LogP contribution in [-0.4, -0.2) is 11.5 Å². The van der Waals surface area contributed by atoms with Gasteiger partial charge in [0.1, 0.15) is 12.4 Å². The number of thioether (sulfide) groups is 2. The Morgan fingerprint density at radius 3 is 2.19 bits per heavy atom. The zero-order valence-corrected chi connectivity index (χ0v) is 17.8. The van der Waals surface area contributed by atoms with Gasteiger partial charge in [-0.2, -0.15) is 0 Å². The fraction of sp³-hybridized carbons (Fsp3) is 0.333. The van der Waals surface area contributed by atoms with Crippen molar-refractivity contribution in [3.8, 4) is 5.75 Å². The first kappa shape index (κ1) is 20.2. The SMILES string of the molecule is CCCSC(SCCC)c1ccccc1OCc1ccc2ccccc2c1. The first-order chi connectivity index (χ1) is 13.3. The van der Waals surface area contributed by atoms with Crippen LogP contribution in [0.3, 0.4) is 0 Å². The van der Waals surface area contributed by atoms with Crippen LogP contribution >= 0.6 is 23.5 Å². The molecule has 1 nitrogen and oxygen atoms in total. The first-order valence-electron chi connectivity index (χ1n) is 9.74. The molecule has 0 radical (unpaired) electrons. The Bertz CT molecular complexity index is 838. The van der Waals surface area contributed by atoms with E-state index in [2.05, 4.69) is 80.6 Å². The minimum atomic E-state index is 0.442. The van der Waals surface area contributed by atoms with Crippen LogP contribution < -0.4 is 4.74 Å². The highest BCUT2D eigenvalue weighted by Crippen LogP contribution is 2.44. The summed E-state index contributed by atoms with van der Waals surface area (Å²) in [6.45, 7) is 5.10. The van der Waals surface area contributed by atoms with Crippen molar-refractivity contribution in [1.82, 2.24) is 0 Å². The molecule has 0 atom stereocenters. The molecule has 0 fully saturated rings. The van der Waals surface area contributed by atoms with E-state index < -0.39 is 0 Å². The van der Waals surface area contributed by atoms with Crippen LogP contribution in [0.4, 0.5) is 0 Å². The topological polar surface area (TPSA) is 9.23 Å². The van der Waals surface area contributed by atoms with Crippen LogP contribution in [0, 0.1) is 0 Å². The molecule has 0 amide bonds. The number of para-hydroxylation sites is 1. The van der Waals surface area contributed by atoms with E-state index in [4.69, 9.17) is 4.74 Å². The molecule has 0 aliphatic carbocycles. The highest BCUT2D eigenvalue weighted by molar-refractivity contribution is 8.16. The molecule has 0 saturated heterocycles. The first-order valence-corrected chi connectivity index (χ1v) is 11.8. The molecule has 3 aromatic rings. The fourth-order valence-corrected chi connectivity index (χ4v) is 5.58. The van der Waals surface area contributed by atoms with Crippen molar-refractivity contribution >= 4 is 34.3 Å². The van der Waals surface area contributed by atoms with Crippen molar-refractivity contribution in [2.24, 2.45) is 0 Å². The van der Waals surface area contributed by atoms with E-state index in [9.17, 15) is 0 Å². The molecular formula is C24H28OS2. The lowest BCUT2D eigenvalue weighted by Crippen LogP contribution is -2.01. The number of ether oxygens (including phenoxy) is 1. The molecule has 3 heteroatoms. The van der Waals surface area contributed by atoms with E-state index in [-0.39, 0.29) is 0 Å². The van der Waals surface area contributed by atoms with Crippen LogP contribution in [-0.2, 0) is 6.61 Å². The van der Waals surface area contributed by atoms with E-state index in [0.29, 0.717) is 11.2 Å². The van der Waals surface area contributed by atoms with Gasteiger partial charge in [0.05, 0.1) is 4.58 Å². The summed E-state index contributed by atoms with van der Waals surface area (Å²) in [5.74, 6) is 3.38. The number of fused-ring (bicyclic) bond motifs is 1. The van der Waals surface area contributed by atoms with Crippen molar-refractivity contribution < 1.29 is 4.74 Å². The molecule has 3 aromatic carbocycles. The number of hydrogen-bond acceptors (Lipinski definition) is 3. The standard InChI is InChI=1S/C24H28OS2/c1-3-15-26-24(27-16-4-2)22-11-7-8-12-23(22)25-18-19-13-14-20-9-5-6-10-21(20)17-19/h5-14,17,24H,3-4,15-16,18H2,1-2H3. The summed E-state index contributed by atoms with van der Waals surface area (Å²) in [6, 6.07) is 23.6. The van der Waals surface area contributed by atoms with Crippen molar-refractivity contribution in [3.05, 3.63) is 77.9 Å². The van der Waals surface area contributed by atoms with Gasteiger partial charge in [-0.05, 0) is 52.8 Å². The Hall–Kier alpha value is -1.58. The normalized spacial score (nSPS) is 11.2. The van der Waals surface area contributed by atoms with Crippen LogP contribution in [0.1, 0.15) is 42.4 Å². The molecular weight excluding hydrogens is 368 g/mol. The lowest BCUT2D eigenvalue weighted by molar-refractivity contribution is 0.304. The summed E-state index contributed by atoms with van der Waals surface area (Å²) in [5, 5.41) is 2.54. The average molecular weight is 397 g/mol. The average Bonchev–Trinajstić information content (AvgIpc) is 2.72. The molecule has 0 heterocycles. The fourth-order valence-electron chi connectivity index (χ4n) is 2.97. The Labute approximate surface area is 171 Å². The van der Waals surface area contributed by atoms with E-state index in [1.165, 1.54) is 46.2 Å². The summed E-state index contributed by atoms with van der Waals surface area (Å²) >= 11 is 4.07. The van der Waals surface area contributed by atoms with E-state index in [1.807, 2.05) is 23.5 Å². The molecule has 0 aromatic heterocycles. The van der Waals surface area contributed by atoms with Crippen LogP contribution in [0.25, 0.3) is 10.8 Å². The van der Waals surface area contributed by atoms with E-state index >= 15 is 0 Å². The van der Waals surface area contributed by atoms with Gasteiger partial charge in [0.2, 0.25) is 0 Å². The van der Waals surface area contributed by atoms with Crippen LogP contribution in [0.15, 0.2) is 66.7 Å². The highest BCUT2D eigenvalue weighted by Gasteiger charge is 2.16. The molecule has 0 N–H and O–H groups in total. The Kier molecular flexibility index (Phi) is 7.97. The molecule has 3 rings (SSSR count). The lowest BCUT2D eigenvalue weighted by Gasteiger charge is -2.20. The molecule has 0 bridgehead atoms. The third-order valence-electron chi connectivity index (χ3n) is 4.33. The molecule has 0 aliphatic rings. The summed E-state index contributed by atoms with van der Waals surface area (Å²) in [5.41, 5.74) is 2.53. The monoisotopic (exact) mass is 396 g/mol. The second kappa shape index (κ2) is 10.7. The number of hydrogen-bond donors (Lipinski definition) is 0. The van der Waals surface area contributed by atoms with Crippen molar-refractivity contribution in [2.45, 2.75) is 37.9 Å². The predicted molar refractivity (Wildman–Crippen MR) is 123 cm³/mol. The van der Waals surface area contributed by atoms with Gasteiger partial charge < -0.3 is 4.74 Å². The molecule has 0 unspecified atom stereocenters. The summed E-state index contributed by atoms with van der Waals surface area (Å²) in [6.07, 6.45) is 2.40. The predicted octanol–water partition coefficient (Wildman–Crippen LogP) is 7.70. The van der Waals surface area contributed by atoms with Crippen molar-refractivity contribution in [1.29, 1.82) is 0 Å². The summed E-state index contributed by atoms with van der Waals surface area (Å²) in [4.78, 5) is 0. The Morgan fingerprint density at radius 2 is 1.44 bits per heavy atom. The smallest absolute Gasteiger partial charge is 0.124 e. The Balaban J connectivity index is 1.75. The maximum absolute atomic E-state index is 6.29. The van der Waals surface area contributed by atoms with Gasteiger partial charge in [0.25, 0.3) is 0 Å². The van der Waals surface area contributed by atoms with Crippen LogP contribution in [0.5, 0.6) is 5.75 Å². The summed E-state index contributed by atoms with van der Waals surface area (Å²) < 4.78 is 6.73. The van der Waals surface area contributed by atoms with Gasteiger partial charge in [-0.25, -0.2) is 0 Å². The second-order valence-corrected chi connectivity index (χ2v) is 9.31. The summed E-state index contributed by atoms with van der Waals surface area (Å²) in [7, 11) is 0. The van der Waals surface area contributed by atoms with E-state index in [0.717, 1.165) is 5.75 Å². The largest absolute Gasteiger partial charge is 0.489 e. The van der Waals surface area contributed by atoms with E-state index in [1.54, 1.807) is 0 Å². The third-order valence-corrected chi connectivity index (χ3v) is 7.55. The van der Waals surface area contributed by atoms with Crippen molar-refractivity contribution in [3.63, 3.8) is 0 Å². The molecule has 0 spiro atoms. The maximum atomic E-state index is 6.29. The molecule has 0 aliphatic heterocycles. The second-order valence-electron chi connectivity index (χ2n) is 6.58. The van der Waals surface area contributed by atoms with Gasteiger partial charge in [0.15, 0.2) is 0 Å². The van der Waals surface area contributed by atoms with Gasteiger partial charge in [-0.3, -0.25) is 0 Å².